The second kappa shape index (κ2) is 8.80. The van der Waals surface area contributed by atoms with E-state index in [0.29, 0.717) is 8.58 Å². The zero-order chi connectivity index (χ0) is 18.4. The molecule has 0 bridgehead atoms. The van der Waals surface area contributed by atoms with E-state index < -0.39 is 0 Å². The highest BCUT2D eigenvalue weighted by Crippen LogP contribution is 2.25. The highest BCUT2D eigenvalue weighted by atomic mass is 31.1. The highest BCUT2D eigenvalue weighted by Gasteiger charge is 2.13. The molecule has 0 amide bonds. The van der Waals surface area contributed by atoms with Gasteiger partial charge in [0.2, 0.25) is 0 Å². The summed E-state index contributed by atoms with van der Waals surface area (Å²) in [5.74, 6) is 0.943. The summed E-state index contributed by atoms with van der Waals surface area (Å²) in [4.78, 5) is 0. The van der Waals surface area contributed by atoms with Crippen LogP contribution in [0.4, 0.5) is 0 Å². The fourth-order valence-electron chi connectivity index (χ4n) is 2.56. The maximum absolute atomic E-state index is 5.84. The van der Waals surface area contributed by atoms with Gasteiger partial charge < -0.3 is 14.8 Å². The Labute approximate surface area is 153 Å². The number of hydrogen-bond donors (Lipinski definition) is 1. The quantitative estimate of drug-likeness (QED) is 0.602. The maximum atomic E-state index is 5.84. The third-order valence-electron chi connectivity index (χ3n) is 3.87. The zero-order valence-corrected chi connectivity index (χ0v) is 17.2. The molecule has 2 rings (SSSR count). The van der Waals surface area contributed by atoms with Gasteiger partial charge >= 0.3 is 0 Å². The Bertz CT molecular complexity index is 708. The summed E-state index contributed by atoms with van der Waals surface area (Å²) in [7, 11) is 2.20. The van der Waals surface area contributed by atoms with Gasteiger partial charge in [0.15, 0.2) is 6.79 Å². The Morgan fingerprint density at radius 3 is 2.48 bits per heavy atom. The smallest absolute Gasteiger partial charge is 0.188 e. The van der Waals surface area contributed by atoms with Crippen molar-refractivity contribution >= 4 is 19.2 Å². The Balaban J connectivity index is 2.29. The molecule has 1 atom stereocenters. The van der Waals surface area contributed by atoms with Crippen LogP contribution in [0.2, 0.25) is 0 Å². The first kappa shape index (κ1) is 19.9. The minimum absolute atomic E-state index is 0.0974. The predicted octanol–water partition coefficient (Wildman–Crippen LogP) is 3.80. The second-order valence-corrected chi connectivity index (χ2v) is 8.72. The summed E-state index contributed by atoms with van der Waals surface area (Å²) in [5.41, 5.74) is 3.88. The maximum Gasteiger partial charge on any atom is 0.188 e. The molecule has 0 saturated carbocycles. The number of methoxy groups -OCH3 is 1. The van der Waals surface area contributed by atoms with Crippen molar-refractivity contribution in [2.45, 2.75) is 46.7 Å². The Hall–Kier alpha value is -1.41. The molecule has 4 heteroatoms. The van der Waals surface area contributed by atoms with Crippen molar-refractivity contribution in [3.8, 4) is 5.75 Å². The Kier molecular flexibility index (Phi) is 7.01. The van der Waals surface area contributed by atoms with Crippen molar-refractivity contribution in [2.75, 3.05) is 13.9 Å². The van der Waals surface area contributed by atoms with Gasteiger partial charge in [-0.3, -0.25) is 0 Å². The molecule has 2 aromatic carbocycles. The van der Waals surface area contributed by atoms with E-state index in [0.717, 1.165) is 17.9 Å². The van der Waals surface area contributed by atoms with Crippen molar-refractivity contribution in [1.29, 1.82) is 0 Å². The number of hydrogen-bond acceptors (Lipinski definition) is 3. The third kappa shape index (κ3) is 6.11. The number of rotatable bonds is 7. The van der Waals surface area contributed by atoms with Gasteiger partial charge in [0, 0.05) is 24.5 Å². The molecular weight excluding hydrogens is 329 g/mol. The molecule has 0 aliphatic rings. The van der Waals surface area contributed by atoms with Crippen LogP contribution in [0.15, 0.2) is 36.4 Å². The molecule has 136 valence electrons. The van der Waals surface area contributed by atoms with Crippen LogP contribution >= 0.6 is 8.58 Å². The average Bonchev–Trinajstić information content (AvgIpc) is 2.54. The van der Waals surface area contributed by atoms with Gasteiger partial charge in [-0.1, -0.05) is 50.5 Å². The van der Waals surface area contributed by atoms with Crippen LogP contribution in [0.5, 0.6) is 5.75 Å². The minimum Gasteiger partial charge on any atom is -0.467 e. The molecule has 0 spiro atoms. The van der Waals surface area contributed by atoms with Gasteiger partial charge in [-0.25, -0.2) is 0 Å². The van der Waals surface area contributed by atoms with Crippen LogP contribution in [0, 0.1) is 13.8 Å². The Morgan fingerprint density at radius 2 is 1.80 bits per heavy atom. The van der Waals surface area contributed by atoms with E-state index in [-0.39, 0.29) is 12.3 Å². The van der Waals surface area contributed by atoms with Crippen molar-refractivity contribution in [3.63, 3.8) is 0 Å². The lowest BCUT2D eigenvalue weighted by Gasteiger charge is -2.22. The monoisotopic (exact) mass is 359 g/mol. The lowest BCUT2D eigenvalue weighted by molar-refractivity contribution is 0.0514. The number of para-hydroxylation sites is 1. The number of ether oxygens (including phenoxy) is 2. The summed E-state index contributed by atoms with van der Waals surface area (Å²) in [6, 6.07) is 13.0. The van der Waals surface area contributed by atoms with E-state index in [1.54, 1.807) is 7.11 Å². The first-order valence-electron chi connectivity index (χ1n) is 8.63. The summed E-state index contributed by atoms with van der Waals surface area (Å²) < 4.78 is 10.9. The van der Waals surface area contributed by atoms with Gasteiger partial charge in [0.1, 0.15) is 5.75 Å². The fourth-order valence-corrected chi connectivity index (χ4v) is 3.90. The number of benzene rings is 2. The van der Waals surface area contributed by atoms with Crippen molar-refractivity contribution in [2.24, 2.45) is 0 Å². The van der Waals surface area contributed by atoms with Crippen molar-refractivity contribution in [3.05, 3.63) is 53.1 Å². The van der Waals surface area contributed by atoms with E-state index in [2.05, 4.69) is 76.3 Å². The Morgan fingerprint density at radius 1 is 1.04 bits per heavy atom. The zero-order valence-electron chi connectivity index (χ0n) is 16.2. The first-order chi connectivity index (χ1) is 11.8. The van der Waals surface area contributed by atoms with Crippen LogP contribution in [-0.4, -0.2) is 19.4 Å². The lowest BCUT2D eigenvalue weighted by atomic mass is 10.1. The molecule has 0 fully saturated rings. The van der Waals surface area contributed by atoms with E-state index in [4.69, 9.17) is 9.47 Å². The van der Waals surface area contributed by atoms with Crippen molar-refractivity contribution < 1.29 is 9.47 Å². The predicted molar refractivity (Wildman–Crippen MR) is 109 cm³/mol. The van der Waals surface area contributed by atoms with Crippen LogP contribution in [0.3, 0.4) is 0 Å². The molecule has 25 heavy (non-hydrogen) atoms. The van der Waals surface area contributed by atoms with Crippen LogP contribution < -0.4 is 20.7 Å². The molecule has 0 heterocycles. The molecule has 0 saturated heterocycles. The fraction of sp³-hybridized carbons (Fsp3) is 0.429. The topological polar surface area (TPSA) is 30.5 Å². The van der Waals surface area contributed by atoms with Gasteiger partial charge in [-0.05, 0) is 51.1 Å². The largest absolute Gasteiger partial charge is 0.467 e. The van der Waals surface area contributed by atoms with Gasteiger partial charge in [-0.15, -0.1) is 0 Å². The van der Waals surface area contributed by atoms with E-state index in [1.807, 2.05) is 0 Å². The highest BCUT2D eigenvalue weighted by molar-refractivity contribution is 7.55. The third-order valence-corrected chi connectivity index (χ3v) is 5.29. The molecule has 0 radical (unpaired) electrons. The van der Waals surface area contributed by atoms with Crippen LogP contribution in [0.25, 0.3) is 0 Å². The van der Waals surface area contributed by atoms with Crippen molar-refractivity contribution in [1.82, 2.24) is 5.32 Å². The lowest BCUT2D eigenvalue weighted by Crippen LogP contribution is -2.36. The minimum atomic E-state index is 0.0974. The molecule has 0 aromatic heterocycles. The second-order valence-electron chi connectivity index (χ2n) is 7.39. The summed E-state index contributed by atoms with van der Waals surface area (Å²) in [5, 5.41) is 6.18. The summed E-state index contributed by atoms with van der Waals surface area (Å²) in [6.07, 6.45) is 0. The number of nitrogens with one attached hydrogen (secondary N) is 1. The molecule has 3 nitrogen and oxygen atoms in total. The van der Waals surface area contributed by atoms with E-state index in [9.17, 15) is 0 Å². The first-order valence-corrected chi connectivity index (χ1v) is 9.63. The molecule has 1 unspecified atom stereocenters. The van der Waals surface area contributed by atoms with Crippen LogP contribution in [-0.2, 0) is 11.3 Å². The molecule has 2 aromatic rings. The van der Waals surface area contributed by atoms with Crippen LogP contribution in [0.1, 0.15) is 37.5 Å². The summed E-state index contributed by atoms with van der Waals surface area (Å²) in [6.45, 7) is 12.0. The molecule has 0 aliphatic heterocycles. The van der Waals surface area contributed by atoms with Gasteiger partial charge in [0.25, 0.3) is 0 Å². The number of aryl methyl sites for hydroxylation is 2. The SMILES string of the molecule is COCOc1c(C)cccc1Pc1ccc(C)cc1CNC(C)(C)C. The normalized spacial score (nSPS) is 12.1. The van der Waals surface area contributed by atoms with E-state index >= 15 is 0 Å². The van der Waals surface area contributed by atoms with Gasteiger partial charge in [0.05, 0.1) is 0 Å². The molecule has 0 aliphatic carbocycles. The molecular formula is C21H30NO2P. The average molecular weight is 359 g/mol. The molecule has 1 N–H and O–H groups in total. The van der Waals surface area contributed by atoms with Gasteiger partial charge in [-0.2, -0.15) is 0 Å². The standard InChI is InChI=1S/C21H30NO2P/c1-15-10-11-18(17(12-15)13-22-21(3,4)5)25-19-9-7-8-16(2)20(19)24-14-23-6/h7-12,22,25H,13-14H2,1-6H3. The summed E-state index contributed by atoms with van der Waals surface area (Å²) >= 11 is 0. The van der Waals surface area contributed by atoms with E-state index in [1.165, 1.54) is 21.7 Å².